The summed E-state index contributed by atoms with van der Waals surface area (Å²) in [5.41, 5.74) is 13.1. The van der Waals surface area contributed by atoms with Crippen molar-refractivity contribution in [3.63, 3.8) is 0 Å². The van der Waals surface area contributed by atoms with E-state index in [0.29, 0.717) is 18.9 Å². The molecule has 19 heavy (non-hydrogen) atoms. The smallest absolute Gasteiger partial charge is 0.220 e. The third-order valence-corrected chi connectivity index (χ3v) is 3.91. The van der Waals surface area contributed by atoms with Gasteiger partial charge in [0.1, 0.15) is 0 Å². The monoisotopic (exact) mass is 261 g/mol. The fourth-order valence-electron chi connectivity index (χ4n) is 2.67. The lowest BCUT2D eigenvalue weighted by Gasteiger charge is -2.17. The standard InChI is InChI=1S/C15H23N3O/c16-13-8-4-7-12(13)9-15(19)18-10-14(17)11-5-2-1-3-6-11/h1-3,5-6,12-14H,4,7-10,16-17H2,(H,18,19)/t12-,13+,14?/m0/s1. The number of nitrogens with one attached hydrogen (secondary N) is 1. The lowest BCUT2D eigenvalue weighted by atomic mass is 10.00. The Bertz CT molecular complexity index is 407. The van der Waals surface area contributed by atoms with E-state index in [4.69, 9.17) is 11.5 Å². The zero-order valence-corrected chi connectivity index (χ0v) is 11.2. The van der Waals surface area contributed by atoms with Crippen LogP contribution < -0.4 is 16.8 Å². The van der Waals surface area contributed by atoms with Crippen molar-refractivity contribution in [1.82, 2.24) is 5.32 Å². The van der Waals surface area contributed by atoms with E-state index in [1.54, 1.807) is 0 Å². The van der Waals surface area contributed by atoms with Gasteiger partial charge in [-0.15, -0.1) is 0 Å². The summed E-state index contributed by atoms with van der Waals surface area (Å²) in [4.78, 5) is 11.9. The summed E-state index contributed by atoms with van der Waals surface area (Å²) >= 11 is 0. The molecule has 1 aliphatic carbocycles. The molecular formula is C15H23N3O. The van der Waals surface area contributed by atoms with Crippen molar-refractivity contribution < 1.29 is 4.79 Å². The fourth-order valence-corrected chi connectivity index (χ4v) is 2.67. The maximum atomic E-state index is 11.9. The topological polar surface area (TPSA) is 81.1 Å². The summed E-state index contributed by atoms with van der Waals surface area (Å²) in [7, 11) is 0. The molecule has 5 N–H and O–H groups in total. The lowest BCUT2D eigenvalue weighted by Crippen LogP contribution is -2.35. The summed E-state index contributed by atoms with van der Waals surface area (Å²) in [6.07, 6.45) is 3.78. The maximum Gasteiger partial charge on any atom is 0.220 e. The highest BCUT2D eigenvalue weighted by atomic mass is 16.1. The number of hydrogen-bond donors (Lipinski definition) is 3. The number of hydrogen-bond acceptors (Lipinski definition) is 3. The zero-order chi connectivity index (χ0) is 13.7. The first-order chi connectivity index (χ1) is 9.16. The van der Waals surface area contributed by atoms with Crippen LogP contribution in [0.2, 0.25) is 0 Å². The molecule has 3 atom stereocenters. The molecule has 0 spiro atoms. The molecule has 0 bridgehead atoms. The number of carbonyl (C=O) groups excluding carboxylic acids is 1. The van der Waals surface area contributed by atoms with E-state index in [2.05, 4.69) is 5.32 Å². The van der Waals surface area contributed by atoms with Crippen LogP contribution in [0.1, 0.15) is 37.3 Å². The molecule has 1 unspecified atom stereocenters. The van der Waals surface area contributed by atoms with Gasteiger partial charge in [0.25, 0.3) is 0 Å². The second kappa shape index (κ2) is 6.68. The Kier molecular flexibility index (Phi) is 4.93. The van der Waals surface area contributed by atoms with Gasteiger partial charge in [0.2, 0.25) is 5.91 Å². The van der Waals surface area contributed by atoms with Gasteiger partial charge in [-0.1, -0.05) is 36.8 Å². The summed E-state index contributed by atoms with van der Waals surface area (Å²) in [6.45, 7) is 0.477. The van der Waals surface area contributed by atoms with Crippen LogP contribution in [0.4, 0.5) is 0 Å². The minimum absolute atomic E-state index is 0.0636. The highest BCUT2D eigenvalue weighted by Crippen LogP contribution is 2.26. The molecule has 0 radical (unpaired) electrons. The fraction of sp³-hybridized carbons (Fsp3) is 0.533. The molecule has 104 valence electrons. The van der Waals surface area contributed by atoms with Gasteiger partial charge < -0.3 is 16.8 Å². The summed E-state index contributed by atoms with van der Waals surface area (Å²) < 4.78 is 0. The zero-order valence-electron chi connectivity index (χ0n) is 11.2. The van der Waals surface area contributed by atoms with Gasteiger partial charge in [0.15, 0.2) is 0 Å². The van der Waals surface area contributed by atoms with E-state index < -0.39 is 0 Å². The minimum Gasteiger partial charge on any atom is -0.354 e. The highest BCUT2D eigenvalue weighted by Gasteiger charge is 2.25. The number of carbonyl (C=O) groups is 1. The van der Waals surface area contributed by atoms with Crippen LogP contribution in [0, 0.1) is 5.92 Å². The van der Waals surface area contributed by atoms with Gasteiger partial charge in [-0.05, 0) is 24.3 Å². The van der Waals surface area contributed by atoms with Crippen molar-refractivity contribution in [3.05, 3.63) is 35.9 Å². The molecule has 1 aromatic rings. The molecule has 0 aromatic heterocycles. The van der Waals surface area contributed by atoms with E-state index in [9.17, 15) is 4.79 Å². The third kappa shape index (κ3) is 4.04. The molecule has 1 aromatic carbocycles. The van der Waals surface area contributed by atoms with E-state index >= 15 is 0 Å². The third-order valence-electron chi connectivity index (χ3n) is 3.91. The van der Waals surface area contributed by atoms with Crippen LogP contribution in [0.15, 0.2) is 30.3 Å². The second-order valence-electron chi connectivity index (χ2n) is 5.38. The van der Waals surface area contributed by atoms with Crippen molar-refractivity contribution in [2.24, 2.45) is 17.4 Å². The number of nitrogens with two attached hydrogens (primary N) is 2. The quantitative estimate of drug-likeness (QED) is 0.747. The van der Waals surface area contributed by atoms with Crippen LogP contribution in [-0.4, -0.2) is 18.5 Å². The van der Waals surface area contributed by atoms with Crippen molar-refractivity contribution in [3.8, 4) is 0 Å². The van der Waals surface area contributed by atoms with Crippen molar-refractivity contribution in [1.29, 1.82) is 0 Å². The van der Waals surface area contributed by atoms with Crippen molar-refractivity contribution in [2.75, 3.05) is 6.54 Å². The Labute approximate surface area is 114 Å². The molecule has 2 rings (SSSR count). The van der Waals surface area contributed by atoms with Gasteiger partial charge in [-0.3, -0.25) is 4.79 Å². The molecule has 1 amide bonds. The second-order valence-corrected chi connectivity index (χ2v) is 5.38. The maximum absolute atomic E-state index is 11.9. The molecule has 4 heteroatoms. The van der Waals surface area contributed by atoms with Crippen LogP contribution in [0.5, 0.6) is 0 Å². The molecule has 1 fully saturated rings. The Balaban J connectivity index is 1.74. The minimum atomic E-state index is -0.151. The number of amides is 1. The Morgan fingerprint density at radius 3 is 2.68 bits per heavy atom. The van der Waals surface area contributed by atoms with E-state index in [0.717, 1.165) is 24.8 Å². The van der Waals surface area contributed by atoms with Gasteiger partial charge >= 0.3 is 0 Å². The molecular weight excluding hydrogens is 238 g/mol. The van der Waals surface area contributed by atoms with E-state index in [-0.39, 0.29) is 18.0 Å². The van der Waals surface area contributed by atoms with Gasteiger partial charge in [-0.25, -0.2) is 0 Å². The van der Waals surface area contributed by atoms with Crippen LogP contribution in [0.3, 0.4) is 0 Å². The molecule has 4 nitrogen and oxygen atoms in total. The SMILES string of the molecule is NC(CNC(=O)C[C@@H]1CCC[C@H]1N)c1ccccc1. The van der Waals surface area contributed by atoms with E-state index in [1.807, 2.05) is 30.3 Å². The summed E-state index contributed by atoms with van der Waals surface area (Å²) in [5, 5.41) is 2.91. The molecule has 0 saturated heterocycles. The number of rotatable bonds is 5. The van der Waals surface area contributed by atoms with Gasteiger partial charge in [-0.2, -0.15) is 0 Å². The normalized spacial score (nSPS) is 24.1. The Morgan fingerprint density at radius 1 is 1.32 bits per heavy atom. The lowest BCUT2D eigenvalue weighted by molar-refractivity contribution is -0.122. The first-order valence-electron chi connectivity index (χ1n) is 6.99. The molecule has 1 saturated carbocycles. The van der Waals surface area contributed by atoms with Gasteiger partial charge in [0.05, 0.1) is 0 Å². The van der Waals surface area contributed by atoms with Crippen molar-refractivity contribution in [2.45, 2.75) is 37.8 Å². The average molecular weight is 261 g/mol. The van der Waals surface area contributed by atoms with Gasteiger partial charge in [0, 0.05) is 25.0 Å². The van der Waals surface area contributed by atoms with Crippen molar-refractivity contribution >= 4 is 5.91 Å². The predicted octanol–water partition coefficient (Wildman–Crippen LogP) is 1.32. The Hall–Kier alpha value is -1.39. The van der Waals surface area contributed by atoms with Crippen LogP contribution >= 0.6 is 0 Å². The average Bonchev–Trinajstić information content (AvgIpc) is 2.82. The van der Waals surface area contributed by atoms with Crippen LogP contribution in [0.25, 0.3) is 0 Å². The predicted molar refractivity (Wildman–Crippen MR) is 76.3 cm³/mol. The first kappa shape index (κ1) is 14.0. The molecule has 0 heterocycles. The first-order valence-corrected chi connectivity index (χ1v) is 6.99. The largest absolute Gasteiger partial charge is 0.354 e. The summed E-state index contributed by atoms with van der Waals surface area (Å²) in [5.74, 6) is 0.404. The van der Waals surface area contributed by atoms with Crippen LogP contribution in [-0.2, 0) is 4.79 Å². The van der Waals surface area contributed by atoms with E-state index in [1.165, 1.54) is 0 Å². The molecule has 0 aliphatic heterocycles. The highest BCUT2D eigenvalue weighted by molar-refractivity contribution is 5.76. The summed E-state index contributed by atoms with van der Waals surface area (Å²) in [6, 6.07) is 9.85. The number of benzene rings is 1. The Morgan fingerprint density at radius 2 is 2.05 bits per heavy atom. The molecule has 1 aliphatic rings.